The molecule has 1 amide bonds. The summed E-state index contributed by atoms with van der Waals surface area (Å²) >= 11 is 0. The standard InChI is InChI=1S/C14H21N3O/c1-2-10-15-13-9-5-8-12(17-13)14(18)16-11-6-3-4-7-11/h5,8-9,11H,2-4,6-7,10H2,1H3,(H,15,17)(H,16,18). The monoisotopic (exact) mass is 247 g/mol. The van der Waals surface area contributed by atoms with Gasteiger partial charge in [0, 0.05) is 12.6 Å². The molecule has 2 N–H and O–H groups in total. The number of hydrogen-bond donors (Lipinski definition) is 2. The number of carbonyl (C=O) groups excluding carboxylic acids is 1. The molecule has 1 saturated carbocycles. The zero-order valence-electron chi connectivity index (χ0n) is 10.9. The summed E-state index contributed by atoms with van der Waals surface area (Å²) in [5, 5.41) is 6.24. The largest absolute Gasteiger partial charge is 0.370 e. The quantitative estimate of drug-likeness (QED) is 0.840. The van der Waals surface area contributed by atoms with Gasteiger partial charge in [-0.3, -0.25) is 4.79 Å². The van der Waals surface area contributed by atoms with Crippen LogP contribution in [0.2, 0.25) is 0 Å². The summed E-state index contributed by atoms with van der Waals surface area (Å²) in [6.45, 7) is 2.98. The van der Waals surface area contributed by atoms with Crippen molar-refractivity contribution in [1.82, 2.24) is 10.3 Å². The lowest BCUT2D eigenvalue weighted by molar-refractivity contribution is 0.0933. The van der Waals surface area contributed by atoms with Gasteiger partial charge < -0.3 is 10.6 Å². The summed E-state index contributed by atoms with van der Waals surface area (Å²) in [7, 11) is 0. The van der Waals surface area contributed by atoms with Crippen molar-refractivity contribution in [3.8, 4) is 0 Å². The summed E-state index contributed by atoms with van der Waals surface area (Å²) in [4.78, 5) is 16.4. The van der Waals surface area contributed by atoms with E-state index in [0.29, 0.717) is 11.7 Å². The molecule has 0 aromatic carbocycles. The van der Waals surface area contributed by atoms with Gasteiger partial charge in [-0.1, -0.05) is 25.8 Å². The first-order valence-corrected chi connectivity index (χ1v) is 6.81. The average molecular weight is 247 g/mol. The lowest BCUT2D eigenvalue weighted by Crippen LogP contribution is -2.33. The number of nitrogens with zero attached hydrogens (tertiary/aromatic N) is 1. The summed E-state index contributed by atoms with van der Waals surface area (Å²) in [6.07, 6.45) is 5.67. The van der Waals surface area contributed by atoms with Gasteiger partial charge >= 0.3 is 0 Å². The molecule has 0 radical (unpaired) electrons. The van der Waals surface area contributed by atoms with Gasteiger partial charge in [-0.15, -0.1) is 0 Å². The van der Waals surface area contributed by atoms with Crippen molar-refractivity contribution >= 4 is 11.7 Å². The second kappa shape index (κ2) is 6.38. The Morgan fingerprint density at radius 1 is 1.39 bits per heavy atom. The van der Waals surface area contributed by atoms with Gasteiger partial charge in [0.1, 0.15) is 11.5 Å². The minimum absolute atomic E-state index is 0.0537. The summed E-state index contributed by atoms with van der Waals surface area (Å²) in [5.41, 5.74) is 0.503. The maximum atomic E-state index is 12.0. The van der Waals surface area contributed by atoms with Crippen LogP contribution in [0.5, 0.6) is 0 Å². The van der Waals surface area contributed by atoms with Crippen molar-refractivity contribution in [2.45, 2.75) is 45.1 Å². The Kier molecular flexibility index (Phi) is 4.56. The van der Waals surface area contributed by atoms with Crippen molar-refractivity contribution in [1.29, 1.82) is 0 Å². The van der Waals surface area contributed by atoms with E-state index in [0.717, 1.165) is 31.6 Å². The third-order valence-electron chi connectivity index (χ3n) is 3.23. The molecule has 98 valence electrons. The van der Waals surface area contributed by atoms with Gasteiger partial charge in [0.2, 0.25) is 0 Å². The lowest BCUT2D eigenvalue weighted by atomic mass is 10.2. The Morgan fingerprint density at radius 3 is 2.89 bits per heavy atom. The normalized spacial score (nSPS) is 15.6. The van der Waals surface area contributed by atoms with Gasteiger partial charge in [0.15, 0.2) is 0 Å². The molecule has 1 aliphatic carbocycles. The second-order valence-corrected chi connectivity index (χ2v) is 4.79. The van der Waals surface area contributed by atoms with Crippen molar-refractivity contribution in [3.63, 3.8) is 0 Å². The van der Waals surface area contributed by atoms with Gasteiger partial charge in [-0.25, -0.2) is 4.98 Å². The SMILES string of the molecule is CCCNc1cccc(C(=O)NC2CCCC2)n1. The van der Waals surface area contributed by atoms with Crippen LogP contribution in [0.4, 0.5) is 5.82 Å². The van der Waals surface area contributed by atoms with Crippen molar-refractivity contribution in [3.05, 3.63) is 23.9 Å². The van der Waals surface area contributed by atoms with Crippen molar-refractivity contribution in [2.75, 3.05) is 11.9 Å². The molecule has 1 aliphatic rings. The minimum atomic E-state index is -0.0537. The highest BCUT2D eigenvalue weighted by Gasteiger charge is 2.18. The van der Waals surface area contributed by atoms with Crippen LogP contribution in [0.15, 0.2) is 18.2 Å². The van der Waals surface area contributed by atoms with E-state index in [1.54, 1.807) is 6.07 Å². The van der Waals surface area contributed by atoms with Gasteiger partial charge in [-0.2, -0.15) is 0 Å². The Morgan fingerprint density at radius 2 is 2.17 bits per heavy atom. The Hall–Kier alpha value is -1.58. The number of hydrogen-bond acceptors (Lipinski definition) is 3. The Bertz CT molecular complexity index is 400. The van der Waals surface area contributed by atoms with Crippen LogP contribution in [0.1, 0.15) is 49.5 Å². The number of nitrogens with one attached hydrogen (secondary N) is 2. The molecule has 0 bridgehead atoms. The van der Waals surface area contributed by atoms with Crippen LogP contribution in [-0.4, -0.2) is 23.5 Å². The lowest BCUT2D eigenvalue weighted by Gasteiger charge is -2.12. The molecule has 4 heteroatoms. The van der Waals surface area contributed by atoms with E-state index in [1.807, 2.05) is 12.1 Å². The van der Waals surface area contributed by atoms with Crippen LogP contribution in [-0.2, 0) is 0 Å². The molecule has 2 rings (SSSR count). The van der Waals surface area contributed by atoms with E-state index in [9.17, 15) is 4.79 Å². The highest BCUT2D eigenvalue weighted by molar-refractivity contribution is 5.92. The zero-order valence-corrected chi connectivity index (χ0v) is 10.9. The number of anilines is 1. The molecule has 0 spiro atoms. The number of amides is 1. The molecular weight excluding hydrogens is 226 g/mol. The third-order valence-corrected chi connectivity index (χ3v) is 3.23. The maximum absolute atomic E-state index is 12.0. The van der Waals surface area contributed by atoms with Crippen LogP contribution < -0.4 is 10.6 Å². The molecular formula is C14H21N3O. The van der Waals surface area contributed by atoms with E-state index < -0.39 is 0 Å². The van der Waals surface area contributed by atoms with E-state index in [-0.39, 0.29) is 5.91 Å². The Labute approximate surface area is 108 Å². The minimum Gasteiger partial charge on any atom is -0.370 e. The predicted octanol–water partition coefficient (Wildman–Crippen LogP) is 2.58. The fourth-order valence-corrected chi connectivity index (χ4v) is 2.24. The highest BCUT2D eigenvalue weighted by atomic mass is 16.1. The molecule has 0 aliphatic heterocycles. The van der Waals surface area contributed by atoms with E-state index in [2.05, 4.69) is 22.5 Å². The number of rotatable bonds is 5. The Balaban J connectivity index is 1.96. The topological polar surface area (TPSA) is 54.0 Å². The molecule has 1 heterocycles. The highest BCUT2D eigenvalue weighted by Crippen LogP contribution is 2.18. The molecule has 1 fully saturated rings. The van der Waals surface area contributed by atoms with Crippen molar-refractivity contribution in [2.24, 2.45) is 0 Å². The second-order valence-electron chi connectivity index (χ2n) is 4.79. The molecule has 1 aromatic rings. The predicted molar refractivity (Wildman–Crippen MR) is 72.7 cm³/mol. The molecule has 0 saturated heterocycles. The number of pyridine rings is 1. The summed E-state index contributed by atoms with van der Waals surface area (Å²) in [6, 6.07) is 5.87. The van der Waals surface area contributed by atoms with Gasteiger partial charge in [-0.05, 0) is 31.4 Å². The molecule has 4 nitrogen and oxygen atoms in total. The van der Waals surface area contributed by atoms with Crippen LogP contribution in [0.25, 0.3) is 0 Å². The fourth-order valence-electron chi connectivity index (χ4n) is 2.24. The molecule has 1 aromatic heterocycles. The zero-order chi connectivity index (χ0) is 12.8. The first-order valence-electron chi connectivity index (χ1n) is 6.81. The smallest absolute Gasteiger partial charge is 0.270 e. The number of carbonyl (C=O) groups is 1. The molecule has 18 heavy (non-hydrogen) atoms. The van der Waals surface area contributed by atoms with Gasteiger partial charge in [0.05, 0.1) is 0 Å². The summed E-state index contributed by atoms with van der Waals surface area (Å²) in [5.74, 6) is 0.720. The van der Waals surface area contributed by atoms with E-state index in [1.165, 1.54) is 12.8 Å². The number of aromatic nitrogens is 1. The van der Waals surface area contributed by atoms with Crippen molar-refractivity contribution < 1.29 is 4.79 Å². The fraction of sp³-hybridized carbons (Fsp3) is 0.571. The molecule has 0 unspecified atom stereocenters. The van der Waals surface area contributed by atoms with E-state index >= 15 is 0 Å². The summed E-state index contributed by atoms with van der Waals surface area (Å²) < 4.78 is 0. The first-order chi connectivity index (χ1) is 8.79. The average Bonchev–Trinajstić information content (AvgIpc) is 2.89. The third kappa shape index (κ3) is 3.45. The van der Waals surface area contributed by atoms with Gasteiger partial charge in [0.25, 0.3) is 5.91 Å². The van der Waals surface area contributed by atoms with Crippen LogP contribution in [0.3, 0.4) is 0 Å². The first kappa shape index (κ1) is 12.9. The molecule has 0 atom stereocenters. The maximum Gasteiger partial charge on any atom is 0.270 e. The van der Waals surface area contributed by atoms with Crippen LogP contribution in [0, 0.1) is 0 Å². The van der Waals surface area contributed by atoms with E-state index in [4.69, 9.17) is 0 Å². The van der Waals surface area contributed by atoms with Crippen LogP contribution >= 0.6 is 0 Å².